The lowest BCUT2D eigenvalue weighted by Crippen LogP contribution is -2.20. The first-order valence-corrected chi connectivity index (χ1v) is 26.5. The summed E-state index contributed by atoms with van der Waals surface area (Å²) >= 11 is 27.0. The summed E-state index contributed by atoms with van der Waals surface area (Å²) in [6, 6.07) is 22.8. The summed E-state index contributed by atoms with van der Waals surface area (Å²) in [5, 5.41) is 8.61. The monoisotopic (exact) mass is 1190 g/mol. The number of nitrogens with two attached hydrogens (primary N) is 1. The van der Waals surface area contributed by atoms with E-state index in [0.29, 0.717) is 55.8 Å². The number of aromatic nitrogens is 11. The maximum absolute atomic E-state index is 13.0. The van der Waals surface area contributed by atoms with Crippen LogP contribution >= 0.6 is 80.4 Å². The number of nitrogens with one attached hydrogen (secondary N) is 2. The second kappa shape index (κ2) is 26.7. The van der Waals surface area contributed by atoms with Gasteiger partial charge in [-0.25, -0.2) is 59.6 Å². The summed E-state index contributed by atoms with van der Waals surface area (Å²) in [7, 11) is 0. The molecule has 0 atom stereocenters. The fraction of sp³-hybridized carbons (Fsp3) is 0.137. The van der Waals surface area contributed by atoms with Crippen LogP contribution in [0.25, 0.3) is 31.7 Å². The van der Waals surface area contributed by atoms with E-state index in [4.69, 9.17) is 61.6 Å². The molecule has 2 amide bonds. The number of thiazole rings is 3. The fourth-order valence-electron chi connectivity index (χ4n) is 6.69. The summed E-state index contributed by atoms with van der Waals surface area (Å²) in [4.78, 5) is 60.6. The molecular weight excluding hydrogens is 1150 g/mol. The predicted octanol–water partition coefficient (Wildman–Crippen LogP) is 15.6. The summed E-state index contributed by atoms with van der Waals surface area (Å²) in [6.45, 7) is 11.7. The van der Waals surface area contributed by atoms with E-state index in [1.165, 1.54) is 48.8 Å². The molecule has 4 N–H and O–H groups in total. The highest BCUT2D eigenvalue weighted by molar-refractivity contribution is 7.15. The van der Waals surface area contributed by atoms with Crippen molar-refractivity contribution < 1.29 is 27.4 Å². The number of nitrogens with zero attached hydrogens (tertiary/aromatic N) is 11. The molecule has 7 aromatic heterocycles. The zero-order valence-corrected chi connectivity index (χ0v) is 47.0. The molecular formula is C51H41Cl4F3N14O3S3. The maximum atomic E-state index is 13.0. The van der Waals surface area contributed by atoms with Crippen molar-refractivity contribution in [3.8, 4) is 55.0 Å². The van der Waals surface area contributed by atoms with Crippen LogP contribution < -0.4 is 25.8 Å². The molecule has 3 aromatic carbocycles. The number of nitrogen functional groups attached to an aromatic ring is 1. The number of ether oxygens (including phenoxy) is 2. The highest BCUT2D eigenvalue weighted by Crippen LogP contribution is 2.37. The molecule has 27 heteroatoms. The van der Waals surface area contributed by atoms with E-state index in [1.54, 1.807) is 65.1 Å². The van der Waals surface area contributed by atoms with Gasteiger partial charge in [0, 0.05) is 53.5 Å². The van der Waals surface area contributed by atoms with Gasteiger partial charge in [0.15, 0.2) is 0 Å². The van der Waals surface area contributed by atoms with Crippen LogP contribution in [0.15, 0.2) is 116 Å². The first kappa shape index (κ1) is 58.2. The van der Waals surface area contributed by atoms with Crippen LogP contribution in [0.5, 0.6) is 23.3 Å². The lowest BCUT2D eigenvalue weighted by Gasteiger charge is -2.13. The number of rotatable bonds is 9. The first-order chi connectivity index (χ1) is 37.1. The third kappa shape index (κ3) is 17.0. The Balaban J connectivity index is 0.000000172. The standard InChI is InChI=1S/C23H17ClF3N5O2S.C15H14N4OS.C9H8ClN3S.C4H2Cl2N2/c1-12-21(35-13(2)30-12)19-10-20(29-11-28-19)34-16-5-3-4-14(8-16)31-22(33)32-15-6-7-18(24)17(9-15)23(25,26)27;1-9-15(21-10(2)19-9)13-7-14(18-8-17-13)20-12-5-3-4-11(16)6-12;1-5-9(14-6(2)13-5)7-3-8(10)12-4-11-7;5-3-1-4(6)8-2-7-3/h3-11H,1-2H3,(H2,31,32,33);3-8H,16H2,1-2H3;3-4H,1-2H3;1-2H. The molecule has 7 heterocycles. The van der Waals surface area contributed by atoms with Crippen molar-refractivity contribution in [3.05, 3.63) is 174 Å². The minimum Gasteiger partial charge on any atom is -0.439 e. The zero-order valence-electron chi connectivity index (χ0n) is 41.6. The number of benzene rings is 3. The quantitative estimate of drug-likeness (QED) is 0.0902. The van der Waals surface area contributed by atoms with E-state index in [9.17, 15) is 18.0 Å². The number of amides is 2. The number of urea groups is 1. The molecule has 0 unspecified atom stereocenters. The van der Waals surface area contributed by atoms with Crippen LogP contribution in [0, 0.1) is 41.5 Å². The van der Waals surface area contributed by atoms with Crippen LogP contribution in [0.4, 0.5) is 35.0 Å². The van der Waals surface area contributed by atoms with E-state index < -0.39 is 22.8 Å². The SMILES string of the molecule is Cc1nc(C)c(-c2cc(Cl)ncn2)s1.Cc1nc(C)c(-c2cc(Oc3cccc(N)c3)ncn2)s1.Cc1nc(C)c(-c2cc(Oc3cccc(NC(=O)Nc4ccc(Cl)c(C(F)(F)F)c4)c3)ncn2)s1.Clc1cc(Cl)ncn1. The molecule has 78 heavy (non-hydrogen) atoms. The maximum Gasteiger partial charge on any atom is 0.417 e. The van der Waals surface area contributed by atoms with Crippen molar-refractivity contribution in [2.75, 3.05) is 16.4 Å². The average Bonchev–Trinajstić information content (AvgIpc) is 4.04. The van der Waals surface area contributed by atoms with Crippen LogP contribution in [-0.4, -0.2) is 60.9 Å². The Hall–Kier alpha value is -7.51. The van der Waals surface area contributed by atoms with Gasteiger partial charge in [0.2, 0.25) is 11.8 Å². The summed E-state index contributed by atoms with van der Waals surface area (Å²) in [5.41, 5.74) is 10.8. The Morgan fingerprint density at radius 1 is 0.513 bits per heavy atom. The number of hydrogen-bond acceptors (Lipinski definition) is 18. The van der Waals surface area contributed by atoms with Gasteiger partial charge in [-0.2, -0.15) is 13.2 Å². The molecule has 0 spiro atoms. The van der Waals surface area contributed by atoms with Gasteiger partial charge in [-0.15, -0.1) is 34.0 Å². The minimum absolute atomic E-state index is 0.0614. The number of hydrogen-bond donors (Lipinski definition) is 3. The lowest BCUT2D eigenvalue weighted by molar-refractivity contribution is -0.137. The molecule has 0 saturated heterocycles. The highest BCUT2D eigenvalue weighted by Gasteiger charge is 2.33. The summed E-state index contributed by atoms with van der Waals surface area (Å²) in [6.07, 6.45) is 1.01. The lowest BCUT2D eigenvalue weighted by atomic mass is 10.2. The van der Waals surface area contributed by atoms with Gasteiger partial charge in [0.25, 0.3) is 0 Å². The van der Waals surface area contributed by atoms with Crippen LogP contribution in [0.1, 0.15) is 37.7 Å². The zero-order chi connectivity index (χ0) is 56.1. The Morgan fingerprint density at radius 2 is 0.936 bits per heavy atom. The summed E-state index contributed by atoms with van der Waals surface area (Å²) < 4.78 is 50.7. The molecule has 17 nitrogen and oxygen atoms in total. The van der Waals surface area contributed by atoms with Gasteiger partial charge < -0.3 is 25.8 Å². The number of alkyl halides is 3. The van der Waals surface area contributed by atoms with E-state index in [-0.39, 0.29) is 5.69 Å². The molecule has 0 saturated carbocycles. The number of carbonyl (C=O) groups is 1. The van der Waals surface area contributed by atoms with Gasteiger partial charge in [0.1, 0.15) is 52.3 Å². The second-order valence-electron chi connectivity index (χ2n) is 15.9. The Kier molecular flexibility index (Phi) is 19.9. The Morgan fingerprint density at radius 3 is 1.36 bits per heavy atom. The van der Waals surface area contributed by atoms with Gasteiger partial charge in [0.05, 0.1) is 74.4 Å². The Labute approximate surface area is 476 Å². The molecule has 0 fully saturated rings. The summed E-state index contributed by atoms with van der Waals surface area (Å²) in [5.74, 6) is 1.81. The molecule has 400 valence electrons. The van der Waals surface area contributed by atoms with Crippen LogP contribution in [-0.2, 0) is 6.18 Å². The smallest absolute Gasteiger partial charge is 0.417 e. The van der Waals surface area contributed by atoms with Crippen molar-refractivity contribution in [2.24, 2.45) is 0 Å². The largest absolute Gasteiger partial charge is 0.439 e. The molecule has 0 aliphatic carbocycles. The van der Waals surface area contributed by atoms with Gasteiger partial charge in [-0.05, 0) is 84.0 Å². The number of anilines is 3. The first-order valence-electron chi connectivity index (χ1n) is 22.5. The normalized spacial score (nSPS) is 10.7. The molecule has 0 bridgehead atoms. The van der Waals surface area contributed by atoms with Crippen molar-refractivity contribution >= 4 is 104 Å². The number of aryl methyl sites for hydroxylation is 6. The highest BCUT2D eigenvalue weighted by atomic mass is 35.5. The molecule has 0 radical (unpaired) electrons. The molecule has 0 aliphatic rings. The fourth-order valence-corrected chi connectivity index (χ4v) is 10.1. The van der Waals surface area contributed by atoms with Crippen LogP contribution in [0.2, 0.25) is 20.5 Å². The second-order valence-corrected chi connectivity index (χ2v) is 21.1. The number of halogens is 7. The van der Waals surface area contributed by atoms with Gasteiger partial charge in [-0.3, -0.25) is 0 Å². The molecule has 10 rings (SSSR count). The third-order valence-corrected chi connectivity index (χ3v) is 14.1. The van der Waals surface area contributed by atoms with Crippen molar-refractivity contribution in [1.29, 1.82) is 0 Å². The molecule has 10 aromatic rings. The topological polar surface area (TPSA) is 227 Å². The van der Waals surface area contributed by atoms with Gasteiger partial charge >= 0.3 is 12.2 Å². The van der Waals surface area contributed by atoms with E-state index in [0.717, 1.165) is 70.3 Å². The van der Waals surface area contributed by atoms with Crippen LogP contribution in [0.3, 0.4) is 0 Å². The van der Waals surface area contributed by atoms with Gasteiger partial charge in [-0.1, -0.05) is 58.5 Å². The van der Waals surface area contributed by atoms with E-state index >= 15 is 0 Å². The molecule has 0 aliphatic heterocycles. The predicted molar refractivity (Wildman–Crippen MR) is 301 cm³/mol. The van der Waals surface area contributed by atoms with E-state index in [1.807, 2.05) is 65.8 Å². The Bertz CT molecular complexity index is 3680. The average molecular weight is 1190 g/mol. The van der Waals surface area contributed by atoms with Crippen molar-refractivity contribution in [2.45, 2.75) is 47.7 Å². The minimum atomic E-state index is -4.64. The van der Waals surface area contributed by atoms with Crippen molar-refractivity contribution in [3.63, 3.8) is 0 Å². The third-order valence-electron chi connectivity index (χ3n) is 9.85. The van der Waals surface area contributed by atoms with Crippen molar-refractivity contribution in [1.82, 2.24) is 54.8 Å². The van der Waals surface area contributed by atoms with E-state index in [2.05, 4.69) is 65.5 Å². The number of carbonyl (C=O) groups excluding carboxylic acids is 1.